The van der Waals surface area contributed by atoms with Crippen LogP contribution in [0.25, 0.3) is 20.3 Å². The van der Waals surface area contributed by atoms with Gasteiger partial charge in [0.1, 0.15) is 4.88 Å². The molecule has 0 aliphatic carbocycles. The van der Waals surface area contributed by atoms with E-state index in [-0.39, 0.29) is 5.91 Å². The average molecular weight is 442 g/mol. The van der Waals surface area contributed by atoms with Crippen LogP contribution in [0.15, 0.2) is 41.4 Å². The Morgan fingerprint density at radius 2 is 1.81 bits per heavy atom. The van der Waals surface area contributed by atoms with Gasteiger partial charge in [0.25, 0.3) is 5.91 Å². The molecule has 0 atom stereocenters. The normalized spacial score (nSPS) is 12.4. The fraction of sp³-hybridized carbons (Fsp3) is 0.111. The first-order valence-corrected chi connectivity index (χ1v) is 10.5. The zero-order valence-corrected chi connectivity index (χ0v) is 17.3. The van der Waals surface area contributed by atoms with Gasteiger partial charge in [-0.15, -0.1) is 11.3 Å². The topological polar surface area (TPSA) is 34.4 Å². The van der Waals surface area contributed by atoms with E-state index in [1.54, 1.807) is 6.07 Å². The molecular weight excluding hydrogens is 431 g/mol. The van der Waals surface area contributed by atoms with Crippen LogP contribution in [0, 0.1) is 0 Å². The quantitative estimate of drug-likeness (QED) is 0.343. The first kappa shape index (κ1) is 18.0. The van der Waals surface area contributed by atoms with Gasteiger partial charge in [-0.1, -0.05) is 64.3 Å². The van der Waals surface area contributed by atoms with Crippen LogP contribution in [-0.2, 0) is 6.54 Å². The minimum absolute atomic E-state index is 0.354. The van der Waals surface area contributed by atoms with Crippen molar-refractivity contribution in [2.24, 2.45) is 4.99 Å². The molecule has 0 aliphatic heterocycles. The van der Waals surface area contributed by atoms with Gasteiger partial charge in [0, 0.05) is 16.6 Å². The summed E-state index contributed by atoms with van der Waals surface area (Å²) in [4.78, 5) is 18.1. The number of aryl methyl sites for hydroxylation is 1. The van der Waals surface area contributed by atoms with Gasteiger partial charge in [-0.25, -0.2) is 0 Å². The maximum atomic E-state index is 12.8. The van der Waals surface area contributed by atoms with Gasteiger partial charge in [-0.2, -0.15) is 4.99 Å². The van der Waals surface area contributed by atoms with Crippen molar-refractivity contribution in [3.05, 3.63) is 61.1 Å². The summed E-state index contributed by atoms with van der Waals surface area (Å²) in [6.07, 6.45) is 0. The number of halogens is 3. The number of thiazole rings is 1. The van der Waals surface area contributed by atoms with E-state index in [4.69, 9.17) is 34.8 Å². The first-order valence-electron chi connectivity index (χ1n) is 7.74. The summed E-state index contributed by atoms with van der Waals surface area (Å²) < 4.78 is 3.79. The van der Waals surface area contributed by atoms with E-state index >= 15 is 0 Å². The number of nitrogens with zero attached hydrogens (tertiary/aromatic N) is 2. The van der Waals surface area contributed by atoms with Gasteiger partial charge < -0.3 is 4.57 Å². The fourth-order valence-electron chi connectivity index (χ4n) is 2.77. The molecule has 8 heteroatoms. The highest BCUT2D eigenvalue weighted by molar-refractivity contribution is 7.21. The van der Waals surface area contributed by atoms with E-state index in [2.05, 4.69) is 4.99 Å². The second-order valence-electron chi connectivity index (χ2n) is 5.50. The summed E-state index contributed by atoms with van der Waals surface area (Å²) in [6.45, 7) is 2.59. The summed E-state index contributed by atoms with van der Waals surface area (Å²) in [5, 5.41) is 2.26. The van der Waals surface area contributed by atoms with Crippen molar-refractivity contribution in [2.45, 2.75) is 13.5 Å². The molecule has 2 aromatic carbocycles. The van der Waals surface area contributed by atoms with Crippen LogP contribution in [0.3, 0.4) is 0 Å². The number of hydrogen-bond acceptors (Lipinski definition) is 3. The van der Waals surface area contributed by atoms with Crippen LogP contribution in [-0.4, -0.2) is 10.5 Å². The summed E-state index contributed by atoms with van der Waals surface area (Å²) >= 11 is 21.7. The summed E-state index contributed by atoms with van der Waals surface area (Å²) in [6, 6.07) is 11.3. The molecule has 4 aromatic rings. The molecule has 0 fully saturated rings. The van der Waals surface area contributed by atoms with E-state index in [0.29, 0.717) is 31.3 Å². The number of thiophene rings is 1. The Bertz CT molecular complexity index is 1240. The number of fused-ring (bicyclic) bond motifs is 2. The maximum absolute atomic E-state index is 12.8. The van der Waals surface area contributed by atoms with Gasteiger partial charge in [0.15, 0.2) is 4.80 Å². The molecule has 2 aromatic heterocycles. The molecule has 0 spiro atoms. The largest absolute Gasteiger partial charge is 0.315 e. The Morgan fingerprint density at radius 1 is 1.04 bits per heavy atom. The third-order valence-electron chi connectivity index (χ3n) is 3.98. The Labute approximate surface area is 172 Å². The van der Waals surface area contributed by atoms with E-state index < -0.39 is 0 Å². The molecule has 1 amide bonds. The average Bonchev–Trinajstić information content (AvgIpc) is 3.16. The zero-order valence-electron chi connectivity index (χ0n) is 13.4. The Kier molecular flexibility index (Phi) is 4.84. The number of carbonyl (C=O) groups is 1. The molecule has 0 aliphatic rings. The van der Waals surface area contributed by atoms with Crippen molar-refractivity contribution in [1.82, 2.24) is 4.57 Å². The lowest BCUT2D eigenvalue weighted by Crippen LogP contribution is -2.15. The predicted octanol–water partition coefficient (Wildman–Crippen LogP) is 6.64. The SMILES string of the molecule is CCn1c(=NC(=O)c2sc3ccccc3c2Cl)sc2ccc(Cl)c(Cl)c21. The van der Waals surface area contributed by atoms with Crippen LogP contribution in [0.2, 0.25) is 15.1 Å². The van der Waals surface area contributed by atoms with Gasteiger partial charge in [-0.3, -0.25) is 4.79 Å². The zero-order chi connectivity index (χ0) is 18.4. The summed E-state index contributed by atoms with van der Waals surface area (Å²) in [5.41, 5.74) is 0.792. The molecule has 3 nitrogen and oxygen atoms in total. The van der Waals surface area contributed by atoms with Crippen molar-refractivity contribution < 1.29 is 4.79 Å². The highest BCUT2D eigenvalue weighted by Gasteiger charge is 2.18. The number of carbonyl (C=O) groups excluding carboxylic acids is 1. The van der Waals surface area contributed by atoms with Crippen molar-refractivity contribution >= 4 is 83.7 Å². The molecule has 132 valence electrons. The van der Waals surface area contributed by atoms with E-state index in [0.717, 1.165) is 20.3 Å². The summed E-state index contributed by atoms with van der Waals surface area (Å²) in [5.74, 6) is -0.354. The van der Waals surface area contributed by atoms with Gasteiger partial charge >= 0.3 is 0 Å². The third-order valence-corrected chi connectivity index (χ3v) is 7.48. The minimum Gasteiger partial charge on any atom is -0.315 e. The Morgan fingerprint density at radius 3 is 2.54 bits per heavy atom. The molecule has 0 saturated heterocycles. The monoisotopic (exact) mass is 440 g/mol. The molecule has 2 heterocycles. The van der Waals surface area contributed by atoms with Crippen LogP contribution in [0.4, 0.5) is 0 Å². The third kappa shape index (κ3) is 2.88. The van der Waals surface area contributed by atoms with Crippen molar-refractivity contribution in [1.29, 1.82) is 0 Å². The Hall–Kier alpha value is -1.37. The summed E-state index contributed by atoms with van der Waals surface area (Å²) in [7, 11) is 0. The predicted molar refractivity (Wildman–Crippen MR) is 112 cm³/mol. The van der Waals surface area contributed by atoms with E-state index in [1.807, 2.05) is 41.8 Å². The van der Waals surface area contributed by atoms with Crippen LogP contribution >= 0.6 is 57.5 Å². The molecule has 0 radical (unpaired) electrons. The Balaban J connectivity index is 1.91. The number of benzene rings is 2. The number of aromatic nitrogens is 1. The highest BCUT2D eigenvalue weighted by atomic mass is 35.5. The van der Waals surface area contributed by atoms with Crippen molar-refractivity contribution in [3.8, 4) is 0 Å². The second-order valence-corrected chi connectivity index (χ2v) is 8.72. The highest BCUT2D eigenvalue weighted by Crippen LogP contribution is 2.36. The van der Waals surface area contributed by atoms with Gasteiger partial charge in [0.05, 0.1) is 25.3 Å². The number of hydrogen-bond donors (Lipinski definition) is 0. The standard InChI is InChI=1S/C18H11Cl3N2OS2/c1-2-23-15-12(8-7-10(19)14(15)21)26-18(23)22-17(24)16-13(20)9-5-3-4-6-11(9)25-16/h3-8H,2H2,1H3. The minimum atomic E-state index is -0.354. The van der Waals surface area contributed by atoms with Gasteiger partial charge in [0.2, 0.25) is 0 Å². The number of amides is 1. The van der Waals surface area contributed by atoms with Crippen LogP contribution in [0.1, 0.15) is 16.6 Å². The van der Waals surface area contributed by atoms with Crippen LogP contribution in [0.5, 0.6) is 0 Å². The number of rotatable bonds is 2. The molecule has 0 bridgehead atoms. The lowest BCUT2D eigenvalue weighted by molar-refractivity contribution is 0.100. The molecule has 0 saturated carbocycles. The van der Waals surface area contributed by atoms with E-state index in [1.165, 1.54) is 22.7 Å². The molecule has 0 N–H and O–H groups in total. The molecular formula is C18H11Cl3N2OS2. The second kappa shape index (κ2) is 6.98. The molecule has 26 heavy (non-hydrogen) atoms. The smallest absolute Gasteiger partial charge is 0.291 e. The fourth-order valence-corrected chi connectivity index (χ4v) is 5.74. The maximum Gasteiger partial charge on any atom is 0.291 e. The lowest BCUT2D eigenvalue weighted by atomic mass is 10.2. The van der Waals surface area contributed by atoms with Crippen molar-refractivity contribution in [2.75, 3.05) is 0 Å². The van der Waals surface area contributed by atoms with Crippen molar-refractivity contribution in [3.63, 3.8) is 0 Å². The lowest BCUT2D eigenvalue weighted by Gasteiger charge is -2.03. The van der Waals surface area contributed by atoms with Gasteiger partial charge in [-0.05, 0) is 25.1 Å². The molecule has 4 rings (SSSR count). The molecule has 0 unspecified atom stereocenters. The van der Waals surface area contributed by atoms with E-state index in [9.17, 15) is 4.79 Å². The van der Waals surface area contributed by atoms with Crippen LogP contribution < -0.4 is 4.80 Å². The first-order chi connectivity index (χ1) is 12.5.